The summed E-state index contributed by atoms with van der Waals surface area (Å²) in [6, 6.07) is 12.2. The molecule has 0 heterocycles. The van der Waals surface area contributed by atoms with Crippen molar-refractivity contribution in [3.63, 3.8) is 0 Å². The van der Waals surface area contributed by atoms with E-state index in [-0.39, 0.29) is 0 Å². The Bertz CT molecular complexity index is 371. The quantitative estimate of drug-likeness (QED) is 0.784. The maximum Gasteiger partial charge on any atom is 0.0100 e. The molecule has 1 aliphatic carbocycles. The minimum absolute atomic E-state index is 0.625. The second-order valence-electron chi connectivity index (χ2n) is 6.89. The Balaban J connectivity index is 1.79. The molecule has 112 valence electrons. The number of nitrogens with one attached hydrogen (secondary N) is 1. The van der Waals surface area contributed by atoms with Crippen molar-refractivity contribution in [3.05, 3.63) is 35.9 Å². The average Bonchev–Trinajstić information content (AvgIpc) is 2.46. The van der Waals surface area contributed by atoms with Gasteiger partial charge in [0.2, 0.25) is 0 Å². The first-order valence-corrected chi connectivity index (χ1v) is 8.47. The molecule has 0 aliphatic heterocycles. The number of rotatable bonds is 6. The van der Waals surface area contributed by atoms with Gasteiger partial charge in [-0.3, -0.25) is 0 Å². The van der Waals surface area contributed by atoms with E-state index >= 15 is 0 Å². The second-order valence-corrected chi connectivity index (χ2v) is 6.89. The minimum atomic E-state index is 0.625. The zero-order valence-corrected chi connectivity index (χ0v) is 13.4. The molecule has 1 aromatic carbocycles. The molecule has 20 heavy (non-hydrogen) atoms. The van der Waals surface area contributed by atoms with Gasteiger partial charge in [-0.05, 0) is 50.0 Å². The molecule has 3 atom stereocenters. The maximum absolute atomic E-state index is 3.92. The van der Waals surface area contributed by atoms with Crippen LogP contribution in [-0.2, 0) is 6.42 Å². The predicted molar refractivity (Wildman–Crippen MR) is 87.9 cm³/mol. The third-order valence-corrected chi connectivity index (χ3v) is 4.88. The van der Waals surface area contributed by atoms with E-state index in [0.717, 1.165) is 17.9 Å². The van der Waals surface area contributed by atoms with Crippen molar-refractivity contribution >= 4 is 0 Å². The number of benzene rings is 1. The van der Waals surface area contributed by atoms with Crippen LogP contribution in [0.3, 0.4) is 0 Å². The van der Waals surface area contributed by atoms with E-state index in [4.69, 9.17) is 0 Å². The molecule has 0 amide bonds. The Kier molecular flexibility index (Phi) is 6.09. The van der Waals surface area contributed by atoms with Gasteiger partial charge in [-0.25, -0.2) is 0 Å². The van der Waals surface area contributed by atoms with E-state index in [2.05, 4.69) is 56.4 Å². The molecule has 1 fully saturated rings. The molecule has 1 aromatic rings. The van der Waals surface area contributed by atoms with Crippen molar-refractivity contribution in [1.82, 2.24) is 5.32 Å². The molecule has 1 aliphatic rings. The lowest BCUT2D eigenvalue weighted by molar-refractivity contribution is 0.192. The normalized spacial score (nSPS) is 24.8. The highest BCUT2D eigenvalue weighted by atomic mass is 15.0. The third-order valence-electron chi connectivity index (χ3n) is 4.88. The Morgan fingerprint density at radius 1 is 1.05 bits per heavy atom. The Morgan fingerprint density at radius 2 is 1.75 bits per heavy atom. The fourth-order valence-corrected chi connectivity index (χ4v) is 3.64. The standard InChI is InChI=1S/C19H31N/c1-15(2)18-11-7-8-12-19(18)20-16(3)13-14-17-9-5-4-6-10-17/h4-6,9-10,15-16,18-20H,7-8,11-14H2,1-3H3. The molecule has 1 heteroatoms. The summed E-state index contributed by atoms with van der Waals surface area (Å²) in [7, 11) is 0. The molecule has 0 spiro atoms. The zero-order chi connectivity index (χ0) is 14.4. The van der Waals surface area contributed by atoms with Crippen molar-refractivity contribution in [2.24, 2.45) is 11.8 Å². The van der Waals surface area contributed by atoms with Crippen LogP contribution in [0.4, 0.5) is 0 Å². The molecule has 0 aromatic heterocycles. The van der Waals surface area contributed by atoms with E-state index in [0.29, 0.717) is 6.04 Å². The lowest BCUT2D eigenvalue weighted by Crippen LogP contribution is -2.45. The van der Waals surface area contributed by atoms with Gasteiger partial charge in [-0.2, -0.15) is 0 Å². The van der Waals surface area contributed by atoms with Crippen LogP contribution in [0.1, 0.15) is 58.4 Å². The van der Waals surface area contributed by atoms with Gasteiger partial charge in [0, 0.05) is 12.1 Å². The van der Waals surface area contributed by atoms with Crippen LogP contribution in [0, 0.1) is 11.8 Å². The van der Waals surface area contributed by atoms with Crippen molar-refractivity contribution in [2.45, 2.75) is 71.4 Å². The second kappa shape index (κ2) is 7.83. The third kappa shape index (κ3) is 4.63. The summed E-state index contributed by atoms with van der Waals surface area (Å²) in [6.07, 6.45) is 8.06. The van der Waals surface area contributed by atoms with Crippen LogP contribution in [0.2, 0.25) is 0 Å². The largest absolute Gasteiger partial charge is 0.311 e. The fourth-order valence-electron chi connectivity index (χ4n) is 3.64. The summed E-state index contributed by atoms with van der Waals surface area (Å²) in [5.41, 5.74) is 1.46. The number of hydrogen-bond donors (Lipinski definition) is 1. The molecular formula is C19H31N. The number of hydrogen-bond acceptors (Lipinski definition) is 1. The SMILES string of the molecule is CC(CCc1ccccc1)NC1CCCCC1C(C)C. The van der Waals surface area contributed by atoms with Crippen molar-refractivity contribution < 1.29 is 0 Å². The molecule has 0 bridgehead atoms. The summed E-state index contributed by atoms with van der Waals surface area (Å²) >= 11 is 0. The average molecular weight is 273 g/mol. The Labute approximate surface area is 125 Å². The van der Waals surface area contributed by atoms with Crippen LogP contribution >= 0.6 is 0 Å². The van der Waals surface area contributed by atoms with Gasteiger partial charge in [0.15, 0.2) is 0 Å². The van der Waals surface area contributed by atoms with Crippen LogP contribution < -0.4 is 5.32 Å². The van der Waals surface area contributed by atoms with Crippen LogP contribution in [-0.4, -0.2) is 12.1 Å². The maximum atomic E-state index is 3.92. The highest BCUT2D eigenvalue weighted by molar-refractivity contribution is 5.14. The van der Waals surface area contributed by atoms with E-state index in [1.807, 2.05) is 0 Å². The summed E-state index contributed by atoms with van der Waals surface area (Å²) in [5, 5.41) is 3.92. The number of aryl methyl sites for hydroxylation is 1. The van der Waals surface area contributed by atoms with Crippen molar-refractivity contribution in [2.75, 3.05) is 0 Å². The fraction of sp³-hybridized carbons (Fsp3) is 0.684. The van der Waals surface area contributed by atoms with E-state index in [1.165, 1.54) is 44.1 Å². The molecule has 3 unspecified atom stereocenters. The Morgan fingerprint density at radius 3 is 2.45 bits per heavy atom. The van der Waals surface area contributed by atoms with E-state index in [9.17, 15) is 0 Å². The van der Waals surface area contributed by atoms with Gasteiger partial charge in [0.1, 0.15) is 0 Å². The molecule has 0 radical (unpaired) electrons. The topological polar surface area (TPSA) is 12.0 Å². The molecule has 1 saturated carbocycles. The van der Waals surface area contributed by atoms with Gasteiger partial charge in [0.05, 0.1) is 0 Å². The van der Waals surface area contributed by atoms with Gasteiger partial charge >= 0.3 is 0 Å². The smallest absolute Gasteiger partial charge is 0.0100 e. The lowest BCUT2D eigenvalue weighted by atomic mass is 9.77. The van der Waals surface area contributed by atoms with Crippen LogP contribution in [0.15, 0.2) is 30.3 Å². The summed E-state index contributed by atoms with van der Waals surface area (Å²) in [6.45, 7) is 7.13. The summed E-state index contributed by atoms with van der Waals surface area (Å²) < 4.78 is 0. The van der Waals surface area contributed by atoms with E-state index in [1.54, 1.807) is 0 Å². The molecule has 2 rings (SSSR count). The van der Waals surface area contributed by atoms with Gasteiger partial charge < -0.3 is 5.32 Å². The van der Waals surface area contributed by atoms with Crippen LogP contribution in [0.5, 0.6) is 0 Å². The van der Waals surface area contributed by atoms with Gasteiger partial charge in [-0.15, -0.1) is 0 Å². The molecule has 1 N–H and O–H groups in total. The Hall–Kier alpha value is -0.820. The molecule has 0 saturated heterocycles. The van der Waals surface area contributed by atoms with E-state index < -0.39 is 0 Å². The summed E-state index contributed by atoms with van der Waals surface area (Å²) in [4.78, 5) is 0. The van der Waals surface area contributed by atoms with Crippen molar-refractivity contribution in [3.8, 4) is 0 Å². The van der Waals surface area contributed by atoms with Gasteiger partial charge in [-0.1, -0.05) is 57.0 Å². The first kappa shape index (κ1) is 15.6. The zero-order valence-electron chi connectivity index (χ0n) is 13.4. The highest BCUT2D eigenvalue weighted by Gasteiger charge is 2.27. The predicted octanol–water partition coefficient (Wildman–Crippen LogP) is 4.81. The lowest BCUT2D eigenvalue weighted by Gasteiger charge is -2.37. The highest BCUT2D eigenvalue weighted by Crippen LogP contribution is 2.30. The van der Waals surface area contributed by atoms with Gasteiger partial charge in [0.25, 0.3) is 0 Å². The molecule has 1 nitrogen and oxygen atoms in total. The minimum Gasteiger partial charge on any atom is -0.311 e. The monoisotopic (exact) mass is 273 g/mol. The first-order chi connectivity index (χ1) is 9.66. The first-order valence-electron chi connectivity index (χ1n) is 8.47. The summed E-state index contributed by atoms with van der Waals surface area (Å²) in [5.74, 6) is 1.69. The van der Waals surface area contributed by atoms with Crippen molar-refractivity contribution in [1.29, 1.82) is 0 Å². The van der Waals surface area contributed by atoms with Crippen LogP contribution in [0.25, 0.3) is 0 Å². The molecular weight excluding hydrogens is 242 g/mol.